The molecule has 5 heteroatoms. The first-order valence-corrected chi connectivity index (χ1v) is 8.40. The number of rotatable bonds is 3. The lowest BCUT2D eigenvalue weighted by Gasteiger charge is -2.33. The maximum atomic E-state index is 12.4. The van der Waals surface area contributed by atoms with E-state index in [0.717, 1.165) is 21.8 Å². The van der Waals surface area contributed by atoms with Gasteiger partial charge in [-0.05, 0) is 19.4 Å². The zero-order valence-electron chi connectivity index (χ0n) is 12.9. The summed E-state index contributed by atoms with van der Waals surface area (Å²) in [5.41, 5.74) is 3.14. The Hall–Kier alpha value is -1.72. The Bertz CT molecular complexity index is 651. The number of morpholine rings is 1. The van der Waals surface area contributed by atoms with Crippen LogP contribution in [0.1, 0.15) is 17.5 Å². The third-order valence-corrected chi connectivity index (χ3v) is 4.69. The minimum Gasteiger partial charge on any atom is -0.377 e. The van der Waals surface area contributed by atoms with Gasteiger partial charge in [0.1, 0.15) is 0 Å². The van der Waals surface area contributed by atoms with Gasteiger partial charge in [0.05, 0.1) is 36.4 Å². The molecular weight excluding hydrogens is 296 g/mol. The highest BCUT2D eigenvalue weighted by atomic mass is 32.1. The topological polar surface area (TPSA) is 42.4 Å². The largest absolute Gasteiger partial charge is 0.377 e. The number of carbonyl (C=O) groups excluding carboxylic acids is 1. The molecule has 3 rings (SSSR count). The van der Waals surface area contributed by atoms with Gasteiger partial charge in [-0.25, -0.2) is 4.98 Å². The molecule has 0 saturated carbocycles. The van der Waals surface area contributed by atoms with Crippen LogP contribution in [-0.2, 0) is 16.0 Å². The number of benzene rings is 1. The van der Waals surface area contributed by atoms with E-state index in [9.17, 15) is 4.79 Å². The maximum Gasteiger partial charge on any atom is 0.227 e. The minimum absolute atomic E-state index is 0.165. The summed E-state index contributed by atoms with van der Waals surface area (Å²) < 4.78 is 5.38. The molecule has 0 aliphatic carbocycles. The van der Waals surface area contributed by atoms with Crippen molar-refractivity contribution in [2.24, 2.45) is 0 Å². The lowest BCUT2D eigenvalue weighted by atomic mass is 10.1. The van der Waals surface area contributed by atoms with Crippen LogP contribution in [0.4, 0.5) is 0 Å². The van der Waals surface area contributed by atoms with Crippen LogP contribution in [0.15, 0.2) is 29.6 Å². The second kappa shape index (κ2) is 6.58. The highest BCUT2D eigenvalue weighted by molar-refractivity contribution is 7.09. The van der Waals surface area contributed by atoms with E-state index in [1.165, 1.54) is 0 Å². The molecule has 2 aromatic rings. The van der Waals surface area contributed by atoms with Gasteiger partial charge in [-0.2, -0.15) is 0 Å². The molecule has 1 saturated heterocycles. The third-order valence-electron chi connectivity index (χ3n) is 3.91. The quantitative estimate of drug-likeness (QED) is 0.874. The first kappa shape index (κ1) is 15.2. The fraction of sp³-hybridized carbons (Fsp3) is 0.412. The monoisotopic (exact) mass is 316 g/mol. The van der Waals surface area contributed by atoms with Crippen molar-refractivity contribution < 1.29 is 9.53 Å². The van der Waals surface area contributed by atoms with E-state index in [1.807, 2.05) is 43.0 Å². The summed E-state index contributed by atoms with van der Waals surface area (Å²) in [6, 6.07) is 8.29. The predicted octanol–water partition coefficient (Wildman–Crippen LogP) is 2.91. The molecule has 0 radical (unpaired) electrons. The van der Waals surface area contributed by atoms with Crippen molar-refractivity contribution in [2.75, 3.05) is 19.8 Å². The highest BCUT2D eigenvalue weighted by Gasteiger charge is 2.23. The molecule has 0 N–H and O–H groups in total. The maximum absolute atomic E-state index is 12.4. The van der Waals surface area contributed by atoms with Gasteiger partial charge in [0, 0.05) is 17.5 Å². The number of nitrogens with zero attached hydrogens (tertiary/aromatic N) is 2. The Balaban J connectivity index is 1.67. The van der Waals surface area contributed by atoms with Crippen molar-refractivity contribution in [3.05, 3.63) is 40.2 Å². The molecule has 1 aliphatic rings. The van der Waals surface area contributed by atoms with Gasteiger partial charge in [-0.3, -0.25) is 4.79 Å². The molecule has 0 spiro atoms. The van der Waals surface area contributed by atoms with Crippen LogP contribution >= 0.6 is 11.3 Å². The number of hydrogen-bond acceptors (Lipinski definition) is 4. The van der Waals surface area contributed by atoms with Gasteiger partial charge >= 0.3 is 0 Å². The summed E-state index contributed by atoms with van der Waals surface area (Å²) in [6.45, 7) is 6.00. The van der Waals surface area contributed by atoms with E-state index in [-0.39, 0.29) is 11.9 Å². The van der Waals surface area contributed by atoms with Gasteiger partial charge in [-0.15, -0.1) is 11.3 Å². The number of aromatic nitrogens is 1. The molecule has 1 fully saturated rings. The van der Waals surface area contributed by atoms with Crippen molar-refractivity contribution in [1.29, 1.82) is 0 Å². The van der Waals surface area contributed by atoms with Gasteiger partial charge in [-0.1, -0.05) is 24.3 Å². The molecular formula is C17H20N2O2S. The summed E-state index contributed by atoms with van der Waals surface area (Å²) >= 11 is 1.65. The normalized spacial score (nSPS) is 18.5. The van der Waals surface area contributed by atoms with Crippen LogP contribution in [0.5, 0.6) is 0 Å². The molecule has 1 aliphatic heterocycles. The first-order chi connectivity index (χ1) is 10.6. The van der Waals surface area contributed by atoms with Crippen LogP contribution in [0.3, 0.4) is 0 Å². The second-order valence-corrected chi connectivity index (χ2v) is 6.70. The predicted molar refractivity (Wildman–Crippen MR) is 88.0 cm³/mol. The van der Waals surface area contributed by atoms with Crippen molar-refractivity contribution in [2.45, 2.75) is 26.3 Å². The minimum atomic E-state index is 0.165. The van der Waals surface area contributed by atoms with E-state index < -0.39 is 0 Å². The van der Waals surface area contributed by atoms with Crippen molar-refractivity contribution >= 4 is 17.2 Å². The number of aryl methyl sites for hydroxylation is 1. The highest BCUT2D eigenvalue weighted by Crippen LogP contribution is 2.22. The summed E-state index contributed by atoms with van der Waals surface area (Å²) in [5.74, 6) is 0.174. The summed E-state index contributed by atoms with van der Waals surface area (Å²) in [4.78, 5) is 18.8. The van der Waals surface area contributed by atoms with Crippen LogP contribution in [-0.4, -0.2) is 41.6 Å². The van der Waals surface area contributed by atoms with Gasteiger partial charge in [0.15, 0.2) is 0 Å². The number of amides is 1. The van der Waals surface area contributed by atoms with Crippen LogP contribution in [0.25, 0.3) is 11.3 Å². The van der Waals surface area contributed by atoms with Gasteiger partial charge < -0.3 is 9.64 Å². The molecule has 0 unspecified atom stereocenters. The molecule has 2 heterocycles. The summed E-state index contributed by atoms with van der Waals surface area (Å²) in [7, 11) is 0. The van der Waals surface area contributed by atoms with Crippen LogP contribution in [0, 0.1) is 6.92 Å². The van der Waals surface area contributed by atoms with E-state index in [2.05, 4.69) is 10.4 Å². The zero-order chi connectivity index (χ0) is 15.5. The zero-order valence-corrected chi connectivity index (χ0v) is 13.7. The Morgan fingerprint density at radius 1 is 1.41 bits per heavy atom. The molecule has 4 nitrogen and oxygen atoms in total. The van der Waals surface area contributed by atoms with Gasteiger partial charge in [0.2, 0.25) is 5.91 Å². The van der Waals surface area contributed by atoms with E-state index in [0.29, 0.717) is 26.2 Å². The smallest absolute Gasteiger partial charge is 0.227 e. The first-order valence-electron chi connectivity index (χ1n) is 7.52. The standard InChI is InChI=1S/C17H20N2O2S/c1-12-10-21-8-7-19(12)17(20)9-14-3-5-15(6-4-14)16-11-22-13(2)18-16/h3-6,11-12H,7-10H2,1-2H3/t12-/m0/s1. The summed E-state index contributed by atoms with van der Waals surface area (Å²) in [5, 5.41) is 3.13. The van der Waals surface area contributed by atoms with Crippen molar-refractivity contribution in [3.63, 3.8) is 0 Å². The Kier molecular flexibility index (Phi) is 4.55. The van der Waals surface area contributed by atoms with Crippen molar-refractivity contribution in [1.82, 2.24) is 9.88 Å². The van der Waals surface area contributed by atoms with Crippen molar-refractivity contribution in [3.8, 4) is 11.3 Å². The van der Waals surface area contributed by atoms with Crippen LogP contribution in [0.2, 0.25) is 0 Å². The molecule has 0 bridgehead atoms. The summed E-state index contributed by atoms with van der Waals surface area (Å²) in [6.07, 6.45) is 0.445. The SMILES string of the molecule is Cc1nc(-c2ccc(CC(=O)N3CCOC[C@@H]3C)cc2)cs1. The van der Waals surface area contributed by atoms with E-state index >= 15 is 0 Å². The van der Waals surface area contributed by atoms with Crippen LogP contribution < -0.4 is 0 Å². The Morgan fingerprint density at radius 3 is 2.82 bits per heavy atom. The second-order valence-electron chi connectivity index (χ2n) is 5.64. The Morgan fingerprint density at radius 2 is 2.18 bits per heavy atom. The number of ether oxygens (including phenoxy) is 1. The van der Waals surface area contributed by atoms with E-state index in [1.54, 1.807) is 11.3 Å². The fourth-order valence-electron chi connectivity index (χ4n) is 2.66. The fourth-order valence-corrected chi connectivity index (χ4v) is 3.29. The average molecular weight is 316 g/mol. The number of thiazole rings is 1. The molecule has 1 aromatic carbocycles. The lowest BCUT2D eigenvalue weighted by Crippen LogP contribution is -2.47. The molecule has 1 atom stereocenters. The lowest BCUT2D eigenvalue weighted by molar-refractivity contribution is -0.138. The molecule has 1 aromatic heterocycles. The number of hydrogen-bond donors (Lipinski definition) is 0. The third kappa shape index (κ3) is 3.36. The van der Waals surface area contributed by atoms with Gasteiger partial charge in [0.25, 0.3) is 0 Å². The number of carbonyl (C=O) groups is 1. The molecule has 22 heavy (non-hydrogen) atoms. The average Bonchev–Trinajstić information content (AvgIpc) is 2.95. The Labute approximate surface area is 134 Å². The molecule has 1 amide bonds. The van der Waals surface area contributed by atoms with E-state index in [4.69, 9.17) is 4.74 Å². The molecule has 116 valence electrons.